The standard InChI is InChI=1S/C12H10Cl2O/c13-9-5-8(6-10(14)7-9)11-3-1-2-4-12(11)15/h3,5-7H,1-2,4H2. The normalized spacial score (nSPS) is 16.4. The van der Waals surface area contributed by atoms with E-state index in [1.165, 1.54) is 0 Å². The molecule has 0 unspecified atom stereocenters. The first-order valence-electron chi connectivity index (χ1n) is 4.86. The molecule has 0 aromatic heterocycles. The van der Waals surface area contributed by atoms with Crippen LogP contribution in [0.15, 0.2) is 24.3 Å². The first kappa shape index (κ1) is 10.7. The van der Waals surface area contributed by atoms with Gasteiger partial charge in [-0.3, -0.25) is 4.79 Å². The molecule has 0 heterocycles. The number of carbonyl (C=O) groups excluding carboxylic acids is 1. The fraction of sp³-hybridized carbons (Fsp3) is 0.250. The third-order valence-electron chi connectivity index (χ3n) is 2.43. The first-order chi connectivity index (χ1) is 7.16. The molecule has 0 atom stereocenters. The van der Waals surface area contributed by atoms with E-state index in [1.807, 2.05) is 6.08 Å². The lowest BCUT2D eigenvalue weighted by Crippen LogP contribution is -2.05. The van der Waals surface area contributed by atoms with Crippen LogP contribution >= 0.6 is 23.2 Å². The summed E-state index contributed by atoms with van der Waals surface area (Å²) in [5.74, 6) is 0.180. The summed E-state index contributed by atoms with van der Waals surface area (Å²) in [5, 5.41) is 1.13. The van der Waals surface area contributed by atoms with Gasteiger partial charge in [0.15, 0.2) is 5.78 Å². The monoisotopic (exact) mass is 240 g/mol. The number of allylic oxidation sites excluding steroid dienone is 2. The Bertz CT molecular complexity index is 415. The lowest BCUT2D eigenvalue weighted by molar-refractivity contribution is -0.114. The Morgan fingerprint density at radius 2 is 1.73 bits per heavy atom. The van der Waals surface area contributed by atoms with Gasteiger partial charge in [-0.1, -0.05) is 29.3 Å². The number of ketones is 1. The van der Waals surface area contributed by atoms with Crippen LogP contribution in [0, 0.1) is 0 Å². The largest absolute Gasteiger partial charge is 0.294 e. The van der Waals surface area contributed by atoms with Crippen LogP contribution in [0.2, 0.25) is 10.0 Å². The van der Waals surface area contributed by atoms with Crippen molar-refractivity contribution < 1.29 is 4.79 Å². The van der Waals surface area contributed by atoms with Gasteiger partial charge in [0.2, 0.25) is 0 Å². The summed E-state index contributed by atoms with van der Waals surface area (Å²) in [6, 6.07) is 5.23. The highest BCUT2D eigenvalue weighted by atomic mass is 35.5. The Hall–Kier alpha value is -0.790. The highest BCUT2D eigenvalue weighted by Crippen LogP contribution is 2.28. The van der Waals surface area contributed by atoms with E-state index in [-0.39, 0.29) is 5.78 Å². The van der Waals surface area contributed by atoms with Gasteiger partial charge < -0.3 is 0 Å². The summed E-state index contributed by atoms with van der Waals surface area (Å²) in [6.07, 6.45) is 4.48. The molecule has 78 valence electrons. The van der Waals surface area contributed by atoms with Crippen molar-refractivity contribution in [1.82, 2.24) is 0 Å². The molecule has 1 aliphatic carbocycles. The minimum absolute atomic E-state index is 0.180. The molecule has 15 heavy (non-hydrogen) atoms. The minimum atomic E-state index is 0.180. The topological polar surface area (TPSA) is 17.1 Å². The van der Waals surface area contributed by atoms with E-state index in [0.29, 0.717) is 16.5 Å². The van der Waals surface area contributed by atoms with E-state index < -0.39 is 0 Å². The van der Waals surface area contributed by atoms with Crippen molar-refractivity contribution in [2.45, 2.75) is 19.3 Å². The molecule has 0 bridgehead atoms. The molecule has 0 aliphatic heterocycles. The maximum absolute atomic E-state index is 11.7. The Kier molecular flexibility index (Phi) is 3.13. The highest BCUT2D eigenvalue weighted by Gasteiger charge is 2.15. The molecule has 0 amide bonds. The number of carbonyl (C=O) groups is 1. The average molecular weight is 241 g/mol. The van der Waals surface area contributed by atoms with Gasteiger partial charge in [-0.15, -0.1) is 0 Å². The summed E-state index contributed by atoms with van der Waals surface area (Å²) in [5.41, 5.74) is 1.59. The number of Topliss-reactive ketones (excluding diaryl/α,β-unsaturated/α-hetero) is 1. The second-order valence-corrected chi connectivity index (χ2v) is 4.46. The first-order valence-corrected chi connectivity index (χ1v) is 5.62. The fourth-order valence-corrected chi connectivity index (χ4v) is 2.27. The highest BCUT2D eigenvalue weighted by molar-refractivity contribution is 6.35. The Morgan fingerprint density at radius 3 is 2.33 bits per heavy atom. The summed E-state index contributed by atoms with van der Waals surface area (Å²) >= 11 is 11.8. The average Bonchev–Trinajstić information content (AvgIpc) is 2.16. The van der Waals surface area contributed by atoms with Gasteiger partial charge in [0, 0.05) is 22.0 Å². The molecule has 0 spiro atoms. The van der Waals surface area contributed by atoms with Crippen molar-refractivity contribution in [3.05, 3.63) is 39.9 Å². The van der Waals surface area contributed by atoms with Crippen LogP contribution in [-0.2, 0) is 4.79 Å². The minimum Gasteiger partial charge on any atom is -0.294 e. The van der Waals surface area contributed by atoms with Gasteiger partial charge in [-0.05, 0) is 36.6 Å². The van der Waals surface area contributed by atoms with Gasteiger partial charge >= 0.3 is 0 Å². The zero-order valence-electron chi connectivity index (χ0n) is 8.09. The van der Waals surface area contributed by atoms with Crippen molar-refractivity contribution in [3.63, 3.8) is 0 Å². The molecular formula is C12H10Cl2O. The number of benzene rings is 1. The van der Waals surface area contributed by atoms with E-state index >= 15 is 0 Å². The lowest BCUT2D eigenvalue weighted by Gasteiger charge is -2.12. The van der Waals surface area contributed by atoms with Crippen LogP contribution in [0.5, 0.6) is 0 Å². The molecule has 1 aliphatic rings. The SMILES string of the molecule is O=C1CCCC=C1c1cc(Cl)cc(Cl)c1. The van der Waals surface area contributed by atoms with Crippen LogP contribution in [0.25, 0.3) is 5.57 Å². The quantitative estimate of drug-likeness (QED) is 0.722. The lowest BCUT2D eigenvalue weighted by atomic mass is 9.92. The van der Waals surface area contributed by atoms with Gasteiger partial charge in [-0.2, -0.15) is 0 Å². The zero-order chi connectivity index (χ0) is 10.8. The van der Waals surface area contributed by atoms with Crippen molar-refractivity contribution in [2.24, 2.45) is 0 Å². The molecule has 0 fully saturated rings. The van der Waals surface area contributed by atoms with E-state index in [0.717, 1.165) is 24.0 Å². The molecule has 0 radical (unpaired) electrons. The summed E-state index contributed by atoms with van der Waals surface area (Å²) in [4.78, 5) is 11.7. The molecule has 1 aromatic rings. The third kappa shape index (κ3) is 2.42. The fourth-order valence-electron chi connectivity index (χ4n) is 1.75. The molecule has 0 saturated carbocycles. The van der Waals surface area contributed by atoms with E-state index in [9.17, 15) is 4.79 Å². The van der Waals surface area contributed by atoms with Crippen LogP contribution in [-0.4, -0.2) is 5.78 Å². The van der Waals surface area contributed by atoms with E-state index in [2.05, 4.69) is 0 Å². The van der Waals surface area contributed by atoms with Crippen molar-refractivity contribution in [2.75, 3.05) is 0 Å². The van der Waals surface area contributed by atoms with Crippen LogP contribution in [0.3, 0.4) is 0 Å². The third-order valence-corrected chi connectivity index (χ3v) is 2.87. The summed E-state index contributed by atoms with van der Waals surface area (Å²) in [7, 11) is 0. The van der Waals surface area contributed by atoms with E-state index in [4.69, 9.17) is 23.2 Å². The van der Waals surface area contributed by atoms with Gasteiger partial charge in [-0.25, -0.2) is 0 Å². The van der Waals surface area contributed by atoms with Crippen LogP contribution < -0.4 is 0 Å². The van der Waals surface area contributed by atoms with E-state index in [1.54, 1.807) is 18.2 Å². The summed E-state index contributed by atoms with van der Waals surface area (Å²) in [6.45, 7) is 0. The number of halogens is 2. The predicted molar refractivity (Wildman–Crippen MR) is 63.3 cm³/mol. The predicted octanol–water partition coefficient (Wildman–Crippen LogP) is 4.13. The Morgan fingerprint density at radius 1 is 1.07 bits per heavy atom. The molecule has 3 heteroatoms. The van der Waals surface area contributed by atoms with Gasteiger partial charge in [0.25, 0.3) is 0 Å². The molecule has 0 N–H and O–H groups in total. The van der Waals surface area contributed by atoms with Crippen LogP contribution in [0.4, 0.5) is 0 Å². The van der Waals surface area contributed by atoms with Crippen molar-refractivity contribution >= 4 is 34.6 Å². The summed E-state index contributed by atoms with van der Waals surface area (Å²) < 4.78 is 0. The number of rotatable bonds is 1. The van der Waals surface area contributed by atoms with Gasteiger partial charge in [0.1, 0.15) is 0 Å². The van der Waals surface area contributed by atoms with Crippen LogP contribution in [0.1, 0.15) is 24.8 Å². The Balaban J connectivity index is 2.44. The van der Waals surface area contributed by atoms with Gasteiger partial charge in [0.05, 0.1) is 0 Å². The Labute approximate surface area is 98.7 Å². The molecule has 1 nitrogen and oxygen atoms in total. The molecule has 0 saturated heterocycles. The molecule has 1 aromatic carbocycles. The maximum Gasteiger partial charge on any atom is 0.163 e. The maximum atomic E-state index is 11.7. The zero-order valence-corrected chi connectivity index (χ0v) is 9.61. The van der Waals surface area contributed by atoms with Crippen molar-refractivity contribution in [3.8, 4) is 0 Å². The number of hydrogen-bond acceptors (Lipinski definition) is 1. The smallest absolute Gasteiger partial charge is 0.163 e. The number of hydrogen-bond donors (Lipinski definition) is 0. The second kappa shape index (κ2) is 4.38. The molecule has 2 rings (SSSR count). The second-order valence-electron chi connectivity index (χ2n) is 3.59. The van der Waals surface area contributed by atoms with Crippen molar-refractivity contribution in [1.29, 1.82) is 0 Å². The molecular weight excluding hydrogens is 231 g/mol.